The lowest BCUT2D eigenvalue weighted by Crippen LogP contribution is -2.54. The van der Waals surface area contributed by atoms with Gasteiger partial charge in [0.1, 0.15) is 29.3 Å². The van der Waals surface area contributed by atoms with Crippen molar-refractivity contribution in [1.29, 1.82) is 0 Å². The highest BCUT2D eigenvalue weighted by Crippen LogP contribution is 2.36. The first-order valence-corrected chi connectivity index (χ1v) is 19.7. The zero-order valence-corrected chi connectivity index (χ0v) is 31.9. The summed E-state index contributed by atoms with van der Waals surface area (Å²) in [4.78, 5) is 84.3. The number of fused-ring (bicyclic) bond motifs is 2. The highest BCUT2D eigenvalue weighted by atomic mass is 16.5. The fraction of sp³-hybridized carbons (Fsp3) is 0.357. The Kier molecular flexibility index (Phi) is 9.75. The van der Waals surface area contributed by atoms with Crippen LogP contribution in [0, 0.1) is 12.8 Å². The maximum atomic E-state index is 13.3. The molecule has 3 N–H and O–H groups in total. The van der Waals surface area contributed by atoms with E-state index in [1.807, 2.05) is 49.4 Å². The van der Waals surface area contributed by atoms with Gasteiger partial charge in [0, 0.05) is 49.5 Å². The van der Waals surface area contributed by atoms with Crippen molar-refractivity contribution in [3.63, 3.8) is 0 Å². The van der Waals surface area contributed by atoms with E-state index >= 15 is 0 Å². The van der Waals surface area contributed by atoms with E-state index in [4.69, 9.17) is 4.74 Å². The quantitative estimate of drug-likeness (QED) is 0.164. The summed E-state index contributed by atoms with van der Waals surface area (Å²) in [5, 5.41) is 8.74. The predicted octanol–water partition coefficient (Wildman–Crippen LogP) is 3.97. The Balaban J connectivity index is 0.752. The Labute approximate surface area is 333 Å². The van der Waals surface area contributed by atoms with Crippen LogP contribution in [-0.4, -0.2) is 90.7 Å². The second kappa shape index (κ2) is 15.3. The molecule has 296 valence electrons. The van der Waals surface area contributed by atoms with Crippen LogP contribution in [-0.2, 0) is 16.1 Å². The third kappa shape index (κ3) is 7.21. The Morgan fingerprint density at radius 3 is 2.53 bits per heavy atom. The number of rotatable bonds is 11. The Morgan fingerprint density at radius 1 is 0.914 bits per heavy atom. The summed E-state index contributed by atoms with van der Waals surface area (Å²) in [7, 11) is 0. The van der Waals surface area contributed by atoms with E-state index in [1.54, 1.807) is 24.5 Å². The van der Waals surface area contributed by atoms with Gasteiger partial charge in [0.05, 0.1) is 24.1 Å². The summed E-state index contributed by atoms with van der Waals surface area (Å²) in [6.45, 7) is 4.48. The topological polar surface area (TPSA) is 194 Å². The molecule has 58 heavy (non-hydrogen) atoms. The lowest BCUT2D eigenvalue weighted by molar-refractivity contribution is -0.136. The monoisotopic (exact) mass is 782 g/mol. The molecule has 1 saturated carbocycles. The molecule has 3 fully saturated rings. The second-order valence-electron chi connectivity index (χ2n) is 15.4. The number of piperidine rings is 2. The largest absolute Gasteiger partial charge is 0.493 e. The summed E-state index contributed by atoms with van der Waals surface area (Å²) >= 11 is 0. The lowest BCUT2D eigenvalue weighted by atomic mass is 9.86. The molecule has 2 saturated heterocycles. The minimum atomic E-state index is -0.986. The third-order valence-electron chi connectivity index (χ3n) is 11.6. The molecule has 0 spiro atoms. The van der Waals surface area contributed by atoms with Crippen LogP contribution >= 0.6 is 0 Å². The molecule has 1 atom stereocenters. The van der Waals surface area contributed by atoms with E-state index in [9.17, 15) is 24.0 Å². The van der Waals surface area contributed by atoms with Crippen molar-refractivity contribution in [3.05, 3.63) is 101 Å². The molecule has 3 aromatic heterocycles. The molecule has 4 aliphatic rings. The number of carbonyl (C=O) groups is 5. The number of imide groups is 2. The van der Waals surface area contributed by atoms with Gasteiger partial charge in [-0.2, -0.15) is 0 Å². The summed E-state index contributed by atoms with van der Waals surface area (Å²) < 4.78 is 8.33. The SMILES string of the molecule is Cc1cccc(C(=O)NC2CC(n3cnc4c(NCc5cccc(OCC6CCN(c7ccc8c(c7)C(=O)N(C7CCC(=O)NC7=O)C8=O)CC6)c5)ncnc43)C2)n1. The van der Waals surface area contributed by atoms with E-state index in [0.717, 1.165) is 72.0 Å². The number of aromatic nitrogens is 5. The van der Waals surface area contributed by atoms with Crippen molar-refractivity contribution in [1.82, 2.24) is 40.0 Å². The molecule has 5 amide bonds. The van der Waals surface area contributed by atoms with Gasteiger partial charge in [-0.05, 0) is 93.0 Å². The molecular weight excluding hydrogens is 741 g/mol. The van der Waals surface area contributed by atoms with Crippen LogP contribution in [0.2, 0.25) is 0 Å². The molecule has 1 unspecified atom stereocenters. The maximum absolute atomic E-state index is 13.3. The average Bonchev–Trinajstić information content (AvgIpc) is 3.75. The maximum Gasteiger partial charge on any atom is 0.270 e. The number of pyridine rings is 1. The van der Waals surface area contributed by atoms with Gasteiger partial charge >= 0.3 is 0 Å². The number of amides is 5. The van der Waals surface area contributed by atoms with Crippen molar-refractivity contribution >= 4 is 52.2 Å². The smallest absolute Gasteiger partial charge is 0.270 e. The molecule has 0 radical (unpaired) electrons. The highest BCUT2D eigenvalue weighted by Gasteiger charge is 2.45. The number of nitrogens with one attached hydrogen (secondary N) is 3. The molecule has 3 aliphatic heterocycles. The number of anilines is 2. The fourth-order valence-electron chi connectivity index (χ4n) is 8.27. The van der Waals surface area contributed by atoms with E-state index in [1.165, 1.54) is 6.33 Å². The summed E-state index contributed by atoms with van der Waals surface area (Å²) in [6.07, 6.45) is 6.88. The van der Waals surface area contributed by atoms with Crippen LogP contribution in [0.1, 0.15) is 87.0 Å². The normalized spacial score (nSPS) is 20.8. The predicted molar refractivity (Wildman–Crippen MR) is 211 cm³/mol. The van der Waals surface area contributed by atoms with Gasteiger partial charge in [-0.25, -0.2) is 19.9 Å². The third-order valence-corrected chi connectivity index (χ3v) is 11.6. The van der Waals surface area contributed by atoms with Crippen LogP contribution in [0.25, 0.3) is 11.2 Å². The second-order valence-corrected chi connectivity index (χ2v) is 15.4. The van der Waals surface area contributed by atoms with Gasteiger partial charge in [-0.3, -0.25) is 34.2 Å². The summed E-state index contributed by atoms with van der Waals surface area (Å²) in [5.74, 6) is -0.419. The molecule has 2 aromatic carbocycles. The molecule has 6 heterocycles. The van der Waals surface area contributed by atoms with Gasteiger partial charge in [-0.1, -0.05) is 18.2 Å². The number of ether oxygens (including phenoxy) is 1. The van der Waals surface area contributed by atoms with Crippen LogP contribution < -0.4 is 25.6 Å². The van der Waals surface area contributed by atoms with Crippen molar-refractivity contribution in [2.45, 2.75) is 70.1 Å². The number of carbonyl (C=O) groups excluding carboxylic acids is 5. The van der Waals surface area contributed by atoms with Crippen LogP contribution in [0.5, 0.6) is 5.75 Å². The number of imidazole rings is 1. The first kappa shape index (κ1) is 36.9. The standard InChI is InChI=1S/C42H42N10O6/c1-24-4-2-7-33(47-24)39(54)48-27-17-29(18-27)51-23-46-36-37(44-22-45-38(36)51)43-20-26-5-3-6-30(16-26)58-21-25-12-14-50(15-13-25)28-8-9-31-32(19-28)42(57)52(41(31)56)34-10-11-35(53)49-40(34)55/h2-9,16,19,22-23,25,27,29,34H,10-15,17-18,20-21H2,1H3,(H,48,54)(H,43,44,45)(H,49,53,55). The van der Waals surface area contributed by atoms with E-state index in [2.05, 4.69) is 45.4 Å². The molecule has 1 aliphatic carbocycles. The fourth-order valence-corrected chi connectivity index (χ4v) is 8.27. The Morgan fingerprint density at radius 2 is 1.72 bits per heavy atom. The molecule has 5 aromatic rings. The molecule has 16 nitrogen and oxygen atoms in total. The summed E-state index contributed by atoms with van der Waals surface area (Å²) in [6, 6.07) is 17.9. The average molecular weight is 783 g/mol. The molecule has 0 bridgehead atoms. The first-order valence-electron chi connectivity index (χ1n) is 19.7. The van der Waals surface area contributed by atoms with Crippen molar-refractivity contribution in [2.24, 2.45) is 5.92 Å². The van der Waals surface area contributed by atoms with Crippen molar-refractivity contribution < 1.29 is 28.7 Å². The van der Waals surface area contributed by atoms with Gasteiger partial charge in [0.2, 0.25) is 11.8 Å². The van der Waals surface area contributed by atoms with Crippen LogP contribution in [0.3, 0.4) is 0 Å². The number of aryl methyl sites for hydroxylation is 1. The zero-order valence-electron chi connectivity index (χ0n) is 31.9. The number of benzene rings is 2. The first-order chi connectivity index (χ1) is 28.2. The minimum Gasteiger partial charge on any atom is -0.493 e. The minimum absolute atomic E-state index is 0.0551. The van der Waals surface area contributed by atoms with Crippen LogP contribution in [0.15, 0.2) is 73.3 Å². The van der Waals surface area contributed by atoms with Gasteiger partial charge in [-0.15, -0.1) is 0 Å². The van der Waals surface area contributed by atoms with Crippen LogP contribution in [0.4, 0.5) is 11.5 Å². The number of hydrogen-bond acceptors (Lipinski definition) is 12. The number of hydrogen-bond donors (Lipinski definition) is 3. The Bertz CT molecular complexity index is 2450. The molecule has 9 rings (SSSR count). The van der Waals surface area contributed by atoms with Gasteiger partial charge in [0.15, 0.2) is 11.5 Å². The highest BCUT2D eigenvalue weighted by molar-refractivity contribution is 6.23. The lowest BCUT2D eigenvalue weighted by Gasteiger charge is -2.36. The summed E-state index contributed by atoms with van der Waals surface area (Å²) in [5.41, 5.74) is 5.10. The molecular formula is C42H42N10O6. The van der Waals surface area contributed by atoms with E-state index in [0.29, 0.717) is 36.1 Å². The van der Waals surface area contributed by atoms with Crippen molar-refractivity contribution in [3.8, 4) is 5.75 Å². The zero-order chi connectivity index (χ0) is 39.9. The van der Waals surface area contributed by atoms with Crippen molar-refractivity contribution in [2.75, 3.05) is 29.9 Å². The molecule has 16 heteroatoms. The van der Waals surface area contributed by atoms with Gasteiger partial charge < -0.3 is 24.8 Å². The number of nitrogens with zero attached hydrogens (tertiary/aromatic N) is 7. The Hall–Kier alpha value is -6.71. The van der Waals surface area contributed by atoms with E-state index < -0.39 is 29.7 Å². The van der Waals surface area contributed by atoms with E-state index in [-0.39, 0.29) is 42.0 Å². The van der Waals surface area contributed by atoms with Gasteiger partial charge in [0.25, 0.3) is 17.7 Å².